The van der Waals surface area contributed by atoms with Crippen molar-refractivity contribution in [3.8, 4) is 0 Å². The molecule has 1 aliphatic rings. The molecule has 0 amide bonds. The molecule has 1 rings (SSSR count). The highest BCUT2D eigenvalue weighted by Gasteiger charge is 2.31. The Morgan fingerprint density at radius 2 is 1.50 bits per heavy atom. The van der Waals surface area contributed by atoms with Crippen LogP contribution in [0.1, 0.15) is 90.4 Å². The van der Waals surface area contributed by atoms with Crippen LogP contribution in [-0.4, -0.2) is 35.7 Å². The standard InChI is InChI=1S/C19H35NO4/c1-2-3-4-5-6-7-8-9-10-11-12-13-18(21)24-16-14-17(19(22)23)20-15-16/h16-17,20H,2-15H2,1H3,(H,22,23)/t16-,17+/m1/s1. The average Bonchev–Trinajstić information content (AvgIpc) is 3.01. The van der Waals surface area contributed by atoms with Crippen LogP contribution >= 0.6 is 0 Å². The number of carboxylic acid groups (broad SMARTS) is 1. The molecule has 2 N–H and O–H groups in total. The number of carbonyl (C=O) groups is 2. The number of esters is 1. The van der Waals surface area contributed by atoms with E-state index >= 15 is 0 Å². The molecule has 0 aliphatic carbocycles. The van der Waals surface area contributed by atoms with Gasteiger partial charge in [0.2, 0.25) is 0 Å². The van der Waals surface area contributed by atoms with E-state index in [1.54, 1.807) is 0 Å². The number of carboxylic acids is 1. The van der Waals surface area contributed by atoms with Gasteiger partial charge >= 0.3 is 11.9 Å². The maximum atomic E-state index is 11.7. The van der Waals surface area contributed by atoms with E-state index in [0.29, 0.717) is 19.4 Å². The molecule has 140 valence electrons. The Labute approximate surface area is 146 Å². The Kier molecular flexibility index (Phi) is 11.5. The van der Waals surface area contributed by atoms with E-state index in [1.807, 2.05) is 0 Å². The Morgan fingerprint density at radius 1 is 0.958 bits per heavy atom. The predicted molar refractivity (Wildman–Crippen MR) is 95.0 cm³/mol. The predicted octanol–water partition coefficient (Wildman–Crippen LogP) is 4.05. The summed E-state index contributed by atoms with van der Waals surface area (Å²) in [4.78, 5) is 22.6. The number of carbonyl (C=O) groups excluding carboxylic acids is 1. The molecule has 5 heteroatoms. The number of ether oxygens (including phenoxy) is 1. The lowest BCUT2D eigenvalue weighted by Gasteiger charge is -2.10. The summed E-state index contributed by atoms with van der Waals surface area (Å²) in [6.45, 7) is 2.69. The molecule has 0 aromatic heterocycles. The highest BCUT2D eigenvalue weighted by molar-refractivity contribution is 5.74. The summed E-state index contributed by atoms with van der Waals surface area (Å²) in [5, 5.41) is 11.7. The molecule has 1 aliphatic heterocycles. The Balaban J connectivity index is 1.87. The first-order chi connectivity index (χ1) is 11.6. The molecule has 1 fully saturated rings. The smallest absolute Gasteiger partial charge is 0.320 e. The molecule has 0 saturated carbocycles. The first-order valence-corrected chi connectivity index (χ1v) is 9.79. The number of hydrogen-bond donors (Lipinski definition) is 2. The first-order valence-electron chi connectivity index (χ1n) is 9.79. The second kappa shape index (κ2) is 13.2. The number of hydrogen-bond acceptors (Lipinski definition) is 4. The zero-order valence-corrected chi connectivity index (χ0v) is 15.2. The zero-order valence-electron chi connectivity index (χ0n) is 15.2. The minimum absolute atomic E-state index is 0.191. The summed E-state index contributed by atoms with van der Waals surface area (Å²) in [5.41, 5.74) is 0. The second-order valence-corrected chi connectivity index (χ2v) is 6.93. The van der Waals surface area contributed by atoms with E-state index in [2.05, 4.69) is 12.2 Å². The second-order valence-electron chi connectivity index (χ2n) is 6.93. The van der Waals surface area contributed by atoms with Gasteiger partial charge in [-0.1, -0.05) is 71.1 Å². The number of aliphatic carboxylic acids is 1. The van der Waals surface area contributed by atoms with Crippen molar-refractivity contribution in [2.24, 2.45) is 0 Å². The van der Waals surface area contributed by atoms with Gasteiger partial charge in [-0.25, -0.2) is 0 Å². The van der Waals surface area contributed by atoms with Crippen LogP contribution in [0.5, 0.6) is 0 Å². The minimum atomic E-state index is -0.876. The summed E-state index contributed by atoms with van der Waals surface area (Å²) >= 11 is 0. The summed E-state index contributed by atoms with van der Waals surface area (Å²) in [6, 6.07) is -0.579. The van der Waals surface area contributed by atoms with Gasteiger partial charge in [-0.05, 0) is 6.42 Å². The summed E-state index contributed by atoms with van der Waals surface area (Å²) < 4.78 is 5.32. The van der Waals surface area contributed by atoms with Crippen molar-refractivity contribution in [3.63, 3.8) is 0 Å². The number of unbranched alkanes of at least 4 members (excludes halogenated alkanes) is 10. The molecule has 2 atom stereocenters. The fourth-order valence-corrected chi connectivity index (χ4v) is 3.16. The van der Waals surface area contributed by atoms with Gasteiger partial charge in [-0.2, -0.15) is 0 Å². The van der Waals surface area contributed by atoms with E-state index in [9.17, 15) is 9.59 Å². The molecule has 5 nitrogen and oxygen atoms in total. The van der Waals surface area contributed by atoms with Gasteiger partial charge in [0.1, 0.15) is 12.1 Å². The SMILES string of the molecule is CCCCCCCCCCCCCC(=O)O[C@H]1CN[C@H](C(=O)O)C1. The molecule has 0 unspecified atom stereocenters. The fraction of sp³-hybridized carbons (Fsp3) is 0.895. The van der Waals surface area contributed by atoms with Crippen molar-refractivity contribution >= 4 is 11.9 Å². The Morgan fingerprint density at radius 3 is 2.00 bits per heavy atom. The summed E-state index contributed by atoms with van der Waals surface area (Å²) in [6.07, 6.45) is 14.4. The maximum absolute atomic E-state index is 11.7. The van der Waals surface area contributed by atoms with Gasteiger partial charge in [0.25, 0.3) is 0 Å². The van der Waals surface area contributed by atoms with Gasteiger partial charge in [-0.15, -0.1) is 0 Å². The van der Waals surface area contributed by atoms with E-state index in [0.717, 1.165) is 12.8 Å². The van der Waals surface area contributed by atoms with Crippen molar-refractivity contribution in [1.29, 1.82) is 0 Å². The van der Waals surface area contributed by atoms with E-state index < -0.39 is 12.0 Å². The molecule has 1 saturated heterocycles. The quantitative estimate of drug-likeness (QED) is 0.368. The lowest BCUT2D eigenvalue weighted by molar-refractivity contribution is -0.149. The lowest BCUT2D eigenvalue weighted by Crippen LogP contribution is -2.30. The summed E-state index contributed by atoms with van der Waals surface area (Å²) in [7, 11) is 0. The van der Waals surface area contributed by atoms with Crippen LogP contribution in [0.25, 0.3) is 0 Å². The molecule has 1 heterocycles. The highest BCUT2D eigenvalue weighted by Crippen LogP contribution is 2.14. The largest absolute Gasteiger partial charge is 0.480 e. The fourth-order valence-electron chi connectivity index (χ4n) is 3.16. The van der Waals surface area contributed by atoms with E-state index in [4.69, 9.17) is 9.84 Å². The van der Waals surface area contributed by atoms with Crippen LogP contribution in [0.3, 0.4) is 0 Å². The maximum Gasteiger partial charge on any atom is 0.320 e. The van der Waals surface area contributed by atoms with Crippen LogP contribution in [0.15, 0.2) is 0 Å². The number of rotatable bonds is 14. The highest BCUT2D eigenvalue weighted by atomic mass is 16.5. The Hall–Kier alpha value is -1.10. The average molecular weight is 341 g/mol. The zero-order chi connectivity index (χ0) is 17.6. The van der Waals surface area contributed by atoms with Gasteiger partial charge in [-0.3, -0.25) is 9.59 Å². The normalized spacial score (nSPS) is 20.2. The van der Waals surface area contributed by atoms with E-state index in [1.165, 1.54) is 57.8 Å². The molecule has 0 radical (unpaired) electrons. The van der Waals surface area contributed by atoms with Gasteiger partial charge in [0, 0.05) is 19.4 Å². The van der Waals surface area contributed by atoms with Crippen molar-refractivity contribution in [2.75, 3.05) is 6.54 Å². The van der Waals surface area contributed by atoms with Crippen molar-refractivity contribution in [2.45, 2.75) is 103 Å². The van der Waals surface area contributed by atoms with Crippen molar-refractivity contribution in [3.05, 3.63) is 0 Å². The topological polar surface area (TPSA) is 75.6 Å². The van der Waals surface area contributed by atoms with Crippen LogP contribution in [0.4, 0.5) is 0 Å². The first kappa shape index (κ1) is 20.9. The number of nitrogens with one attached hydrogen (secondary N) is 1. The molecular weight excluding hydrogens is 306 g/mol. The third kappa shape index (κ3) is 9.91. The van der Waals surface area contributed by atoms with Crippen LogP contribution in [-0.2, 0) is 14.3 Å². The molecule has 0 aromatic rings. The third-order valence-corrected chi connectivity index (χ3v) is 4.67. The van der Waals surface area contributed by atoms with Gasteiger partial charge in [0.05, 0.1) is 0 Å². The van der Waals surface area contributed by atoms with Crippen LogP contribution in [0, 0.1) is 0 Å². The van der Waals surface area contributed by atoms with Crippen molar-refractivity contribution in [1.82, 2.24) is 5.32 Å². The van der Waals surface area contributed by atoms with Gasteiger partial charge < -0.3 is 15.2 Å². The van der Waals surface area contributed by atoms with E-state index in [-0.39, 0.29) is 12.1 Å². The Bertz CT molecular complexity index is 359. The molecule has 24 heavy (non-hydrogen) atoms. The molecule has 0 bridgehead atoms. The lowest BCUT2D eigenvalue weighted by atomic mass is 10.1. The monoisotopic (exact) mass is 341 g/mol. The van der Waals surface area contributed by atoms with Gasteiger partial charge in [0.15, 0.2) is 0 Å². The minimum Gasteiger partial charge on any atom is -0.480 e. The van der Waals surface area contributed by atoms with Crippen LogP contribution in [0.2, 0.25) is 0 Å². The molecular formula is C19H35NO4. The van der Waals surface area contributed by atoms with Crippen LogP contribution < -0.4 is 5.32 Å². The molecule has 0 aromatic carbocycles. The summed E-state index contributed by atoms with van der Waals surface area (Å²) in [5.74, 6) is -1.07. The third-order valence-electron chi connectivity index (χ3n) is 4.67. The molecule has 0 spiro atoms. The van der Waals surface area contributed by atoms with Crippen molar-refractivity contribution < 1.29 is 19.4 Å².